The minimum absolute atomic E-state index is 0. The second-order valence-corrected chi connectivity index (χ2v) is 8.36. The smallest absolute Gasteiger partial charge is 0.102 e. The van der Waals surface area contributed by atoms with Crippen molar-refractivity contribution in [2.75, 3.05) is 33.3 Å². The fourth-order valence-corrected chi connectivity index (χ4v) is 3.90. The number of unbranched alkanes of at least 4 members (excludes halogenated alkanes) is 3. The van der Waals surface area contributed by atoms with E-state index < -0.39 is 18.0 Å². The molecule has 0 heterocycles. The molecule has 2 atom stereocenters. The van der Waals surface area contributed by atoms with E-state index in [4.69, 9.17) is 5.11 Å². The number of aliphatic carboxylic acids is 1. The summed E-state index contributed by atoms with van der Waals surface area (Å²) < 4.78 is 0.983. The average molecular weight is 469 g/mol. The zero-order valence-electron chi connectivity index (χ0n) is 18.7. The Morgan fingerprint density at radius 1 is 1.07 bits per heavy atom. The maximum Gasteiger partial charge on any atom is 0.102 e. The first-order valence-corrected chi connectivity index (χ1v) is 11.2. The number of nitrogens with zero attached hydrogens (tertiary/aromatic N) is 1. The number of aliphatic hydroxyl groups is 2. The molecule has 0 bridgehead atoms. The van der Waals surface area contributed by atoms with E-state index in [1.807, 2.05) is 0 Å². The molecule has 0 aromatic rings. The molecule has 2 N–H and O–H groups in total. The molecule has 0 aromatic heterocycles. The zero-order chi connectivity index (χ0) is 20.7. The monoisotopic (exact) mass is 467 g/mol. The van der Waals surface area contributed by atoms with Gasteiger partial charge >= 0.3 is 0 Å². The van der Waals surface area contributed by atoms with Gasteiger partial charge in [-0.1, -0.05) is 51.9 Å². The number of carboxylic acid groups (broad SMARTS) is 1. The predicted molar refractivity (Wildman–Crippen MR) is 119 cm³/mol. The highest BCUT2D eigenvalue weighted by molar-refractivity contribution is 8.93. The lowest BCUT2D eigenvalue weighted by atomic mass is 9.76. The predicted octanol–water partition coefficient (Wildman–Crippen LogP) is 3.31. The van der Waals surface area contributed by atoms with Crippen LogP contribution < -0.4 is 5.11 Å². The van der Waals surface area contributed by atoms with E-state index in [1.54, 1.807) is 0 Å². The number of likely N-dealkylation sites (N-methyl/N-ethyl adjacent to an activating group) is 1. The van der Waals surface area contributed by atoms with Crippen LogP contribution in [0.1, 0.15) is 85.0 Å². The van der Waals surface area contributed by atoms with E-state index in [2.05, 4.69) is 27.8 Å². The van der Waals surface area contributed by atoms with Crippen molar-refractivity contribution in [1.29, 1.82) is 0 Å². The Morgan fingerprint density at radius 2 is 1.64 bits per heavy atom. The molecule has 1 fully saturated rings. The van der Waals surface area contributed by atoms with Gasteiger partial charge in [0.15, 0.2) is 0 Å². The fourth-order valence-electron chi connectivity index (χ4n) is 3.90. The van der Waals surface area contributed by atoms with E-state index in [1.165, 1.54) is 6.42 Å². The Morgan fingerprint density at radius 3 is 2.04 bits per heavy atom. The van der Waals surface area contributed by atoms with Crippen molar-refractivity contribution in [3.8, 4) is 0 Å². The van der Waals surface area contributed by atoms with Crippen LogP contribution in [0.25, 0.3) is 0 Å². The van der Waals surface area contributed by atoms with Crippen molar-refractivity contribution in [2.24, 2.45) is 11.8 Å². The summed E-state index contributed by atoms with van der Waals surface area (Å²) in [6.07, 6.45) is 9.47. The first kappa shape index (κ1) is 30.0. The summed E-state index contributed by atoms with van der Waals surface area (Å²) in [7, 11) is 2.16. The van der Waals surface area contributed by atoms with Crippen LogP contribution >= 0.6 is 17.0 Å². The van der Waals surface area contributed by atoms with Crippen molar-refractivity contribution >= 4 is 23.0 Å². The first-order chi connectivity index (χ1) is 12.8. The van der Waals surface area contributed by atoms with E-state index in [-0.39, 0.29) is 22.9 Å². The highest BCUT2D eigenvalue weighted by Gasteiger charge is 2.30. The van der Waals surface area contributed by atoms with Gasteiger partial charge in [0.2, 0.25) is 0 Å². The van der Waals surface area contributed by atoms with Crippen LogP contribution in [-0.4, -0.2) is 60.1 Å². The van der Waals surface area contributed by atoms with Gasteiger partial charge in [0.25, 0.3) is 0 Å². The summed E-state index contributed by atoms with van der Waals surface area (Å²) in [5, 5.41) is 30.0. The summed E-state index contributed by atoms with van der Waals surface area (Å²) in [5.41, 5.74) is 0. The number of hydrogen-bond donors (Lipinski definition) is 2. The van der Waals surface area contributed by atoms with Gasteiger partial charge < -0.3 is 24.6 Å². The minimum Gasteiger partial charge on any atom is -0.550 e. The average Bonchev–Trinajstić information content (AvgIpc) is 2.66. The van der Waals surface area contributed by atoms with Gasteiger partial charge in [-0.2, -0.15) is 0 Å². The normalized spacial score (nSPS) is 17.1. The molecule has 2 unspecified atom stereocenters. The lowest BCUT2D eigenvalue weighted by Crippen LogP contribution is -2.45. The summed E-state index contributed by atoms with van der Waals surface area (Å²) in [6, 6.07) is 0. The molecule has 0 spiro atoms. The number of rotatable bonds is 12. The molecule has 0 amide bonds. The van der Waals surface area contributed by atoms with E-state index in [0.29, 0.717) is 13.0 Å². The van der Waals surface area contributed by atoms with Gasteiger partial charge in [-0.25, -0.2) is 0 Å². The number of quaternary nitrogens is 1. The number of carbonyl (C=O) groups is 1. The molecule has 5 nitrogen and oxygen atoms in total. The van der Waals surface area contributed by atoms with Gasteiger partial charge in [-0.3, -0.25) is 0 Å². The molecular formula is C22H46BrNO4. The SMILES string of the molecule is Br.CCCCCCC(O)C(C(=O)[O-])C1CCCCC1.CC[N+](C)(CC)CCO. The Bertz CT molecular complexity index is 372. The summed E-state index contributed by atoms with van der Waals surface area (Å²) in [4.78, 5) is 11.3. The molecule has 1 saturated carbocycles. The highest BCUT2D eigenvalue weighted by Crippen LogP contribution is 2.32. The molecule has 0 aliphatic heterocycles. The largest absolute Gasteiger partial charge is 0.550 e. The van der Waals surface area contributed by atoms with Crippen molar-refractivity contribution in [1.82, 2.24) is 0 Å². The van der Waals surface area contributed by atoms with Crippen LogP contribution in [0, 0.1) is 11.8 Å². The second-order valence-electron chi connectivity index (χ2n) is 8.36. The highest BCUT2D eigenvalue weighted by atomic mass is 79.9. The molecule has 170 valence electrons. The third kappa shape index (κ3) is 12.4. The number of hydrogen-bond acceptors (Lipinski definition) is 4. The van der Waals surface area contributed by atoms with Crippen molar-refractivity contribution in [2.45, 2.75) is 91.1 Å². The van der Waals surface area contributed by atoms with Crippen LogP contribution in [0.5, 0.6) is 0 Å². The van der Waals surface area contributed by atoms with Gasteiger partial charge in [-0.05, 0) is 39.0 Å². The van der Waals surface area contributed by atoms with Gasteiger partial charge in [-0.15, -0.1) is 17.0 Å². The number of carbonyl (C=O) groups excluding carboxylic acids is 1. The standard InChI is InChI=1S/C15H28O3.C7H18NO.BrH/c1-2-3-4-8-11-13(16)14(15(17)18)12-9-6-5-7-10-12;1-4-8(3,5-2)6-7-9;/h12-14,16H,2-11H2,1H3,(H,17,18);9H,4-7H2,1-3H3;1H/q;+1;/p-1. The minimum atomic E-state index is -1.05. The Balaban J connectivity index is 0. The number of carboxylic acids is 1. The van der Waals surface area contributed by atoms with Crippen molar-refractivity contribution in [3.63, 3.8) is 0 Å². The van der Waals surface area contributed by atoms with Gasteiger partial charge in [0.05, 0.1) is 32.8 Å². The first-order valence-electron chi connectivity index (χ1n) is 11.2. The fraction of sp³-hybridized carbons (Fsp3) is 0.955. The van der Waals surface area contributed by atoms with Crippen LogP contribution in [0.4, 0.5) is 0 Å². The quantitative estimate of drug-likeness (QED) is 0.340. The molecule has 0 saturated heterocycles. The van der Waals surface area contributed by atoms with Crippen molar-refractivity contribution < 1.29 is 24.6 Å². The Labute approximate surface area is 183 Å². The molecule has 6 heteroatoms. The van der Waals surface area contributed by atoms with Crippen LogP contribution in [0.3, 0.4) is 0 Å². The van der Waals surface area contributed by atoms with Crippen LogP contribution in [-0.2, 0) is 4.79 Å². The molecule has 1 rings (SSSR count). The summed E-state index contributed by atoms with van der Waals surface area (Å²) >= 11 is 0. The second kappa shape index (κ2) is 17.7. The lowest BCUT2D eigenvalue weighted by molar-refractivity contribution is -0.906. The number of halogens is 1. The van der Waals surface area contributed by atoms with E-state index in [9.17, 15) is 15.0 Å². The van der Waals surface area contributed by atoms with Gasteiger partial charge in [0, 0.05) is 11.9 Å². The van der Waals surface area contributed by atoms with Gasteiger partial charge in [0.1, 0.15) is 6.54 Å². The molecule has 1 aliphatic carbocycles. The molecule has 0 radical (unpaired) electrons. The van der Waals surface area contributed by atoms with E-state index >= 15 is 0 Å². The maximum absolute atomic E-state index is 11.3. The van der Waals surface area contributed by atoms with Crippen molar-refractivity contribution in [3.05, 3.63) is 0 Å². The third-order valence-corrected chi connectivity index (χ3v) is 6.36. The summed E-state index contributed by atoms with van der Waals surface area (Å²) in [5.74, 6) is -1.57. The Kier molecular flexibility index (Phi) is 18.9. The van der Waals surface area contributed by atoms with E-state index in [0.717, 1.165) is 75.5 Å². The Hall–Kier alpha value is -0.170. The molecule has 28 heavy (non-hydrogen) atoms. The summed E-state index contributed by atoms with van der Waals surface area (Å²) in [6.45, 7) is 9.85. The zero-order valence-corrected chi connectivity index (χ0v) is 20.4. The molecule has 1 aliphatic rings. The lowest BCUT2D eigenvalue weighted by Gasteiger charge is -2.34. The molecule has 0 aromatic carbocycles. The molecular weight excluding hydrogens is 422 g/mol. The van der Waals surface area contributed by atoms with Crippen LogP contribution in [0.2, 0.25) is 0 Å². The van der Waals surface area contributed by atoms with Crippen LogP contribution in [0.15, 0.2) is 0 Å². The third-order valence-electron chi connectivity index (χ3n) is 6.36. The number of aliphatic hydroxyl groups excluding tert-OH is 2. The topological polar surface area (TPSA) is 80.6 Å². The maximum atomic E-state index is 11.3.